The lowest BCUT2D eigenvalue weighted by atomic mass is 10.2. The van der Waals surface area contributed by atoms with Gasteiger partial charge in [-0.3, -0.25) is 4.90 Å². The van der Waals surface area contributed by atoms with Gasteiger partial charge in [0.25, 0.3) is 0 Å². The average molecular weight is 205 g/mol. The van der Waals surface area contributed by atoms with E-state index in [2.05, 4.69) is 11.8 Å². The fraction of sp³-hybridized carbons (Fsp3) is 1.00. The number of hydrogen-bond donors (Lipinski definition) is 2. The monoisotopic (exact) mass is 205 g/mol. The Bertz CT molecular complexity index is 144. The third-order valence-electron chi connectivity index (χ3n) is 2.36. The minimum absolute atomic E-state index is 0.125. The highest BCUT2D eigenvalue weighted by Gasteiger charge is 2.20. The first-order chi connectivity index (χ1) is 6.26. The topological polar surface area (TPSA) is 43.7 Å². The minimum atomic E-state index is -0.569. The van der Waals surface area contributed by atoms with Crippen LogP contribution >= 0.6 is 11.8 Å². The van der Waals surface area contributed by atoms with Crippen molar-refractivity contribution in [3.63, 3.8) is 0 Å². The molecular formula is C9H19NO2S. The zero-order chi connectivity index (χ0) is 9.68. The second kappa shape index (κ2) is 5.86. The van der Waals surface area contributed by atoms with Gasteiger partial charge in [0.15, 0.2) is 0 Å². The molecule has 0 aromatic carbocycles. The molecule has 1 heterocycles. The summed E-state index contributed by atoms with van der Waals surface area (Å²) in [5, 5.41) is 18.7. The van der Waals surface area contributed by atoms with E-state index in [4.69, 9.17) is 5.11 Å². The van der Waals surface area contributed by atoms with Crippen LogP contribution in [-0.2, 0) is 0 Å². The maximum Gasteiger partial charge on any atom is 0.0897 e. The normalized spacial score (nSPS) is 27.5. The third-order valence-corrected chi connectivity index (χ3v) is 3.73. The summed E-state index contributed by atoms with van der Waals surface area (Å²) in [7, 11) is 0. The number of β-amino-alcohol motifs (C(OH)–C–C–N with tert-alkyl or cyclic N) is 1. The summed E-state index contributed by atoms with van der Waals surface area (Å²) < 4.78 is 0. The summed E-state index contributed by atoms with van der Waals surface area (Å²) >= 11 is 2.02. The highest BCUT2D eigenvalue weighted by atomic mass is 32.2. The Morgan fingerprint density at radius 1 is 1.62 bits per heavy atom. The van der Waals surface area contributed by atoms with Gasteiger partial charge in [-0.15, -0.1) is 0 Å². The second-order valence-corrected chi connectivity index (χ2v) is 4.91. The van der Waals surface area contributed by atoms with Gasteiger partial charge in [-0.05, 0) is 6.42 Å². The quantitative estimate of drug-likeness (QED) is 0.686. The van der Waals surface area contributed by atoms with Crippen LogP contribution in [0.5, 0.6) is 0 Å². The molecule has 0 spiro atoms. The first kappa shape index (κ1) is 11.3. The minimum Gasteiger partial charge on any atom is -0.394 e. The lowest BCUT2D eigenvalue weighted by molar-refractivity contribution is 0.0601. The van der Waals surface area contributed by atoms with Crippen molar-refractivity contribution in [2.45, 2.75) is 24.7 Å². The molecule has 0 aromatic heterocycles. The molecule has 0 aliphatic carbocycles. The predicted molar refractivity (Wildman–Crippen MR) is 56.1 cm³/mol. The number of rotatable bonds is 4. The summed E-state index contributed by atoms with van der Waals surface area (Å²) in [4.78, 5) is 2.24. The maximum atomic E-state index is 9.27. The van der Waals surface area contributed by atoms with Gasteiger partial charge < -0.3 is 10.2 Å². The van der Waals surface area contributed by atoms with E-state index < -0.39 is 6.10 Å². The molecule has 0 bridgehead atoms. The van der Waals surface area contributed by atoms with E-state index in [0.29, 0.717) is 11.8 Å². The van der Waals surface area contributed by atoms with E-state index in [1.54, 1.807) is 0 Å². The number of aliphatic hydroxyl groups is 2. The fourth-order valence-corrected chi connectivity index (χ4v) is 2.80. The van der Waals surface area contributed by atoms with Gasteiger partial charge in [0.05, 0.1) is 12.7 Å². The number of nitrogens with zero attached hydrogens (tertiary/aromatic N) is 1. The fourth-order valence-electron chi connectivity index (χ4n) is 1.55. The summed E-state index contributed by atoms with van der Waals surface area (Å²) in [6.45, 7) is 4.79. The molecule has 2 unspecified atom stereocenters. The highest BCUT2D eigenvalue weighted by Crippen LogP contribution is 2.20. The third kappa shape index (κ3) is 3.85. The molecule has 3 nitrogen and oxygen atoms in total. The largest absolute Gasteiger partial charge is 0.394 e. The first-order valence-electron chi connectivity index (χ1n) is 4.89. The number of hydrogen-bond acceptors (Lipinski definition) is 4. The Labute approximate surface area is 84.1 Å². The van der Waals surface area contributed by atoms with Crippen LogP contribution in [0, 0.1) is 0 Å². The SMILES string of the molecule is CCC1CN(CC(O)CO)CCS1. The highest BCUT2D eigenvalue weighted by molar-refractivity contribution is 8.00. The predicted octanol–water partition coefficient (Wildman–Crippen LogP) is 0.167. The average Bonchev–Trinajstić information content (AvgIpc) is 2.18. The maximum absolute atomic E-state index is 9.27. The molecule has 1 aliphatic rings. The van der Waals surface area contributed by atoms with E-state index in [-0.39, 0.29) is 6.61 Å². The van der Waals surface area contributed by atoms with E-state index in [1.165, 1.54) is 6.42 Å². The molecule has 0 aromatic rings. The molecule has 78 valence electrons. The Morgan fingerprint density at radius 2 is 2.38 bits per heavy atom. The summed E-state index contributed by atoms with van der Waals surface area (Å²) in [6, 6.07) is 0. The van der Waals surface area contributed by atoms with E-state index in [9.17, 15) is 5.11 Å². The Balaban J connectivity index is 2.25. The van der Waals surface area contributed by atoms with Crippen molar-refractivity contribution < 1.29 is 10.2 Å². The smallest absolute Gasteiger partial charge is 0.0897 e. The molecule has 2 N–H and O–H groups in total. The van der Waals surface area contributed by atoms with Crippen LogP contribution in [0.15, 0.2) is 0 Å². The molecule has 4 heteroatoms. The van der Waals surface area contributed by atoms with Gasteiger partial charge in [0, 0.05) is 30.6 Å². The Morgan fingerprint density at radius 3 is 3.00 bits per heavy atom. The molecule has 1 fully saturated rings. The molecule has 2 atom stereocenters. The lowest BCUT2D eigenvalue weighted by Crippen LogP contribution is -2.42. The number of aliphatic hydroxyl groups excluding tert-OH is 2. The van der Waals surface area contributed by atoms with Crippen molar-refractivity contribution in [1.82, 2.24) is 4.90 Å². The molecule has 1 saturated heterocycles. The van der Waals surface area contributed by atoms with E-state index in [1.807, 2.05) is 11.8 Å². The molecule has 1 rings (SSSR count). The molecule has 0 radical (unpaired) electrons. The van der Waals surface area contributed by atoms with Crippen LogP contribution in [0.1, 0.15) is 13.3 Å². The zero-order valence-electron chi connectivity index (χ0n) is 8.15. The van der Waals surface area contributed by atoms with Gasteiger partial charge in [0.2, 0.25) is 0 Å². The van der Waals surface area contributed by atoms with Crippen LogP contribution in [0.2, 0.25) is 0 Å². The van der Waals surface area contributed by atoms with Crippen molar-refractivity contribution in [2.75, 3.05) is 32.0 Å². The Kier molecular flexibility index (Phi) is 5.09. The van der Waals surface area contributed by atoms with Crippen LogP contribution in [0.25, 0.3) is 0 Å². The second-order valence-electron chi connectivity index (χ2n) is 3.50. The van der Waals surface area contributed by atoms with Crippen molar-refractivity contribution in [1.29, 1.82) is 0 Å². The van der Waals surface area contributed by atoms with Crippen molar-refractivity contribution in [3.05, 3.63) is 0 Å². The van der Waals surface area contributed by atoms with Crippen LogP contribution in [0.4, 0.5) is 0 Å². The van der Waals surface area contributed by atoms with Gasteiger partial charge >= 0.3 is 0 Å². The van der Waals surface area contributed by atoms with Gasteiger partial charge in [0.1, 0.15) is 0 Å². The van der Waals surface area contributed by atoms with Crippen molar-refractivity contribution in [2.24, 2.45) is 0 Å². The molecule has 1 aliphatic heterocycles. The molecule has 13 heavy (non-hydrogen) atoms. The van der Waals surface area contributed by atoms with Gasteiger partial charge in [-0.2, -0.15) is 11.8 Å². The standard InChI is InChI=1S/C9H19NO2S/c1-2-9-6-10(3-4-13-9)5-8(12)7-11/h8-9,11-12H,2-7H2,1H3. The van der Waals surface area contributed by atoms with Gasteiger partial charge in [-0.1, -0.05) is 6.92 Å². The molecule has 0 saturated carbocycles. The molecular weight excluding hydrogens is 186 g/mol. The van der Waals surface area contributed by atoms with Crippen molar-refractivity contribution >= 4 is 11.8 Å². The van der Waals surface area contributed by atoms with E-state index >= 15 is 0 Å². The Hall–Kier alpha value is 0.230. The van der Waals surface area contributed by atoms with Crippen LogP contribution < -0.4 is 0 Å². The van der Waals surface area contributed by atoms with E-state index in [0.717, 1.165) is 18.8 Å². The summed E-state index contributed by atoms with van der Waals surface area (Å²) in [5.74, 6) is 1.15. The van der Waals surface area contributed by atoms with Crippen LogP contribution in [-0.4, -0.2) is 58.5 Å². The number of thioether (sulfide) groups is 1. The van der Waals surface area contributed by atoms with Crippen molar-refractivity contribution in [3.8, 4) is 0 Å². The first-order valence-corrected chi connectivity index (χ1v) is 5.94. The van der Waals surface area contributed by atoms with Gasteiger partial charge in [-0.25, -0.2) is 0 Å². The molecule has 0 amide bonds. The lowest BCUT2D eigenvalue weighted by Gasteiger charge is -2.32. The van der Waals surface area contributed by atoms with Crippen LogP contribution in [0.3, 0.4) is 0 Å². The summed E-state index contributed by atoms with van der Waals surface area (Å²) in [5.41, 5.74) is 0. The zero-order valence-corrected chi connectivity index (χ0v) is 8.96. The summed E-state index contributed by atoms with van der Waals surface area (Å²) in [6.07, 6.45) is 0.622.